The number of fused-ring (bicyclic) bond motifs is 15. The molecule has 7 aliphatic rings. The molecule has 648 valence electrons. The lowest BCUT2D eigenvalue weighted by Gasteiger charge is -2.48. The number of aliphatic carboxylic acids is 1. The van der Waals surface area contributed by atoms with Crippen LogP contribution in [-0.2, 0) is 73.4 Å². The molecule has 41 heteroatoms. The lowest BCUT2D eigenvalue weighted by atomic mass is 9.85. The Kier molecular flexibility index (Phi) is 27.8. The van der Waals surface area contributed by atoms with Crippen LogP contribution in [-0.4, -0.2) is 214 Å². The van der Waals surface area contributed by atoms with Crippen molar-refractivity contribution in [2.75, 3.05) is 13.2 Å². The lowest BCUT2D eigenvalue weighted by molar-refractivity contribution is -0.334. The number of nitrogens with one attached hydrogen (secondary N) is 9. The zero-order valence-electron chi connectivity index (χ0n) is 65.6. The molecule has 18 atom stereocenters. The van der Waals surface area contributed by atoms with E-state index in [1.54, 1.807) is 65.0 Å². The summed E-state index contributed by atoms with van der Waals surface area (Å²) in [6.45, 7) is 9.00. The molecule has 0 aliphatic carbocycles. The topological polar surface area (TPSA) is 598 Å². The third-order valence-corrected chi connectivity index (χ3v) is 20.7. The second kappa shape index (κ2) is 37.4. The summed E-state index contributed by atoms with van der Waals surface area (Å²) in [6, 6.07) is 5.95. The predicted molar refractivity (Wildman–Crippen MR) is 418 cm³/mol. The number of carbonyl (C=O) groups excluding carboxylic acids is 10. The minimum atomic E-state index is -2.46. The number of aromatic hydroxyl groups is 3. The third-order valence-electron chi connectivity index (χ3n) is 20.1. The molecule has 7 aliphatic heterocycles. The van der Waals surface area contributed by atoms with E-state index in [-0.39, 0.29) is 30.1 Å². The summed E-state index contributed by atoms with van der Waals surface area (Å²) in [5, 5.41) is 137. The molecule has 39 nitrogen and oxygen atoms in total. The largest absolute Gasteiger partial charge is 0.508 e. The number of rotatable bonds is 18. The Labute approximate surface area is 698 Å². The van der Waals surface area contributed by atoms with Crippen molar-refractivity contribution in [2.24, 2.45) is 11.7 Å². The average Bonchev–Trinajstić information content (AvgIpc) is 0.753. The summed E-state index contributed by atoms with van der Waals surface area (Å²) < 4.78 is 49.5. The van der Waals surface area contributed by atoms with Crippen molar-refractivity contribution in [3.05, 3.63) is 153 Å². The maximum Gasteiger partial charge on any atom is 0.408 e. The van der Waals surface area contributed by atoms with Gasteiger partial charge >= 0.3 is 18.2 Å². The molecule has 13 rings (SSSR count). The molecule has 3 unspecified atom stereocenters. The second-order valence-electron chi connectivity index (χ2n) is 30.9. The fourth-order valence-corrected chi connectivity index (χ4v) is 14.7. The Morgan fingerprint density at radius 2 is 1.31 bits per heavy atom. The molecule has 21 N–H and O–H groups in total. The summed E-state index contributed by atoms with van der Waals surface area (Å²) in [5.41, 5.74) is 0.438. The first-order valence-electron chi connectivity index (χ1n) is 37.8. The van der Waals surface area contributed by atoms with Crippen LogP contribution < -0.4 is 67.8 Å². The van der Waals surface area contributed by atoms with Crippen molar-refractivity contribution in [3.63, 3.8) is 0 Å². The van der Waals surface area contributed by atoms with Gasteiger partial charge in [0, 0.05) is 29.2 Å². The van der Waals surface area contributed by atoms with E-state index < -0.39 is 290 Å². The Morgan fingerprint density at radius 1 is 0.686 bits per heavy atom. The number of aliphatic hydroxyl groups is 6. The number of hydrogen-bond donors (Lipinski definition) is 20. The number of carbonyl (C=O) groups is 11. The van der Waals surface area contributed by atoms with Gasteiger partial charge in [-0.25, -0.2) is 14.4 Å². The number of alkyl carbamates (subject to hydrolysis) is 2. The molecule has 0 radical (unpaired) electrons. The Bertz CT molecular complexity index is 4980. The molecule has 2 saturated heterocycles. The predicted octanol–water partition coefficient (Wildman–Crippen LogP) is 2.50. The van der Waals surface area contributed by atoms with Crippen molar-refractivity contribution in [1.82, 2.24) is 47.9 Å². The fourth-order valence-electron chi connectivity index (χ4n) is 14.2. The van der Waals surface area contributed by atoms with Gasteiger partial charge in [0.25, 0.3) is 0 Å². The van der Waals surface area contributed by atoms with Gasteiger partial charge in [0.2, 0.25) is 59.3 Å². The molecule has 7 heterocycles. The van der Waals surface area contributed by atoms with Crippen molar-refractivity contribution < 1.29 is 142 Å². The fraction of sp³-hybridized carbons (Fsp3) is 0.412. The average molecular weight is 1730 g/mol. The van der Waals surface area contributed by atoms with Crippen LogP contribution in [0.1, 0.15) is 131 Å². The van der Waals surface area contributed by atoms with E-state index in [9.17, 15) is 84.6 Å². The first-order valence-corrected chi connectivity index (χ1v) is 38.6. The van der Waals surface area contributed by atoms with Gasteiger partial charge in [-0.3, -0.25) is 38.4 Å². The molecule has 0 spiro atoms. The summed E-state index contributed by atoms with van der Waals surface area (Å²) in [7, 11) is 0. The van der Waals surface area contributed by atoms with E-state index in [1.165, 1.54) is 13.8 Å². The van der Waals surface area contributed by atoms with Crippen molar-refractivity contribution in [3.8, 4) is 57.1 Å². The van der Waals surface area contributed by atoms with Gasteiger partial charge in [-0.15, -0.1) is 0 Å². The number of benzene rings is 6. The Morgan fingerprint density at radius 3 is 1.92 bits per heavy atom. The zero-order chi connectivity index (χ0) is 88.1. The highest BCUT2D eigenvalue weighted by Crippen LogP contribution is 2.50. The minimum Gasteiger partial charge on any atom is -0.508 e. The number of amides is 10. The third kappa shape index (κ3) is 21.1. The number of hydrogen-bond acceptors (Lipinski definition) is 28. The first kappa shape index (κ1) is 89.9. The summed E-state index contributed by atoms with van der Waals surface area (Å²) in [4.78, 5) is 159. The highest BCUT2D eigenvalue weighted by atomic mass is 35.5. The SMILES string of the molecule is CC(C)C[C@H](NC(=O)OCc1ccccc1)C(=O)N[C@H]1C(=O)N[C@@H](CC(N)=O)C(=O)N[C@H]2C(=O)N[C@H]3C(=O)NC(C(=O)N[C@H](C(=O)O)c4cc(O)cc(O)c4-c4cc3ccc4O)[C@H](O)c3ccc(c(Cl)c3)Oc3cc2cc(c3OC2O[C@H](CO)[C@@H](O)[C@H](O)C2O[C@H]2C[C@](C)(NC(=O)CNC(=O)OC(C)(C)C)[C@H](O)[C@H](C)O2)Oc2ccc(cc2Cl)[C@H]1O. The van der Waals surface area contributed by atoms with Crippen molar-refractivity contribution in [2.45, 2.75) is 189 Å². The highest BCUT2D eigenvalue weighted by molar-refractivity contribution is 6.32. The van der Waals surface area contributed by atoms with Crippen molar-refractivity contribution >= 4 is 88.6 Å². The number of primary amides is 1. The molecular formula is C80H90Cl2N10O29. The smallest absolute Gasteiger partial charge is 0.408 e. The number of ether oxygens (including phenoxy) is 8. The Balaban J connectivity index is 1.10. The van der Waals surface area contributed by atoms with Gasteiger partial charge in [0.15, 0.2) is 29.9 Å². The summed E-state index contributed by atoms with van der Waals surface area (Å²) in [6.07, 6.45) is -23.0. The summed E-state index contributed by atoms with van der Waals surface area (Å²) >= 11 is 14.3. The Hall–Kier alpha value is -11.9. The van der Waals surface area contributed by atoms with E-state index in [0.29, 0.717) is 5.56 Å². The van der Waals surface area contributed by atoms with Crippen LogP contribution in [0.4, 0.5) is 9.59 Å². The molecule has 2 fully saturated rings. The van der Waals surface area contributed by atoms with Gasteiger partial charge in [0.1, 0.15) is 120 Å². The van der Waals surface area contributed by atoms with Gasteiger partial charge in [-0.05, 0) is 129 Å². The number of nitrogens with two attached hydrogens (primary N) is 1. The second-order valence-corrected chi connectivity index (χ2v) is 31.8. The van der Waals surface area contributed by atoms with Gasteiger partial charge in [0.05, 0.1) is 34.7 Å². The van der Waals surface area contributed by atoms with E-state index in [2.05, 4.69) is 47.9 Å². The molecule has 0 aromatic heterocycles. The zero-order valence-corrected chi connectivity index (χ0v) is 67.1. The van der Waals surface area contributed by atoms with E-state index >= 15 is 19.2 Å². The van der Waals surface area contributed by atoms with Crippen LogP contribution >= 0.6 is 23.2 Å². The molecule has 6 aromatic rings. The lowest BCUT2D eigenvalue weighted by Crippen LogP contribution is -2.66. The van der Waals surface area contributed by atoms with Crippen LogP contribution in [0.2, 0.25) is 10.0 Å². The monoisotopic (exact) mass is 1720 g/mol. The van der Waals surface area contributed by atoms with Crippen molar-refractivity contribution in [1.29, 1.82) is 0 Å². The minimum absolute atomic E-state index is 0.128. The van der Waals surface area contributed by atoms with Crippen LogP contribution in [0.3, 0.4) is 0 Å². The van der Waals surface area contributed by atoms with E-state index in [1.807, 2.05) is 0 Å². The molecule has 121 heavy (non-hydrogen) atoms. The van der Waals surface area contributed by atoms with Gasteiger partial charge in [-0.1, -0.05) is 85.6 Å². The normalized spacial score (nSPS) is 26.4. The molecular weight excluding hydrogens is 1640 g/mol. The van der Waals surface area contributed by atoms with Crippen LogP contribution in [0.5, 0.6) is 46.0 Å². The number of carboxylic acids is 1. The number of phenolic OH excluding ortho intramolecular Hbond substituents is 3. The molecule has 11 bridgehead atoms. The maximum atomic E-state index is 16.3. The van der Waals surface area contributed by atoms with Crippen LogP contribution in [0, 0.1) is 5.92 Å². The van der Waals surface area contributed by atoms with Crippen LogP contribution in [0.15, 0.2) is 109 Å². The first-order chi connectivity index (χ1) is 57.1. The van der Waals surface area contributed by atoms with Crippen LogP contribution in [0.25, 0.3) is 11.1 Å². The molecule has 10 amide bonds. The van der Waals surface area contributed by atoms with Gasteiger partial charge in [-0.2, -0.15) is 0 Å². The number of aliphatic hydroxyl groups excluding tert-OH is 6. The van der Waals surface area contributed by atoms with E-state index in [0.717, 1.165) is 78.9 Å². The number of halogens is 2. The summed E-state index contributed by atoms with van der Waals surface area (Å²) in [5.74, 6) is -18.5. The van der Waals surface area contributed by atoms with E-state index in [4.69, 9.17) is 66.8 Å². The standard InChI is InChI=1S/C80H90Cl2N10O29/c1-32(2)19-44(86-78(113)114-31-34-11-9-8-10-12-34)69(104)90-60-62(99)36-14-17-48(42(81)21-36)116-50-23-38-24-51(66(50)120-76-67(65(102)64(101)52(30-93)118-76)119-55-28-80(7,68(103)33(3)115-55)92-54(98)29-84-77(112)121-79(4,5)6)117-49-18-15-37(22-43(49)82)63(100)61-74(109)89-59(75(110)111)41-25-39(94)26-47(96)56(41)40-20-35(13-16-46(40)95)57(71(106)91-61)88-72(107)58(38)87-70(105)45(27-53(83)97)85-73(60)108/h8-18,20-26,32-33,44-45,52,55,57-65,67-68,76,93-96,99-103H,19,27-31H2,1-7H3,(H2,83,97)(H,84,112)(H,85,108)(H,86,113)(H,87,105)(H,88,107)(H,89,109)(H,90,104)(H,91,106)(H,92,98)(H,110,111)/t33-,44-,45-,52+,55-,57+,58+,59-,60+,61?,62+,63+,64+,65-,67?,68+,76?,80-/m0/s1. The number of carboxylic acid groups (broad SMARTS) is 1. The van der Waals surface area contributed by atoms with Gasteiger partial charge < -0.3 is 143 Å². The molecule has 0 saturated carbocycles. The quantitative estimate of drug-likeness (QED) is 0.0588. The number of phenols is 3. The highest BCUT2D eigenvalue weighted by Gasteiger charge is 2.53. The maximum absolute atomic E-state index is 16.3. The molecule has 6 aromatic carbocycles.